The Labute approximate surface area is 192 Å². The lowest BCUT2D eigenvalue weighted by molar-refractivity contribution is -0.137. The maximum Gasteiger partial charge on any atom is 0.416 e. The van der Waals surface area contributed by atoms with Crippen molar-refractivity contribution in [3.8, 4) is 17.1 Å². The van der Waals surface area contributed by atoms with Crippen molar-refractivity contribution in [2.45, 2.75) is 6.18 Å². The molecule has 34 heavy (non-hydrogen) atoms. The smallest absolute Gasteiger partial charge is 0.319 e. The fourth-order valence-electron chi connectivity index (χ4n) is 3.08. The molecule has 0 saturated carbocycles. The van der Waals surface area contributed by atoms with E-state index in [2.05, 4.69) is 15.4 Å². The Morgan fingerprint density at radius 2 is 1.71 bits per heavy atom. The summed E-state index contributed by atoms with van der Waals surface area (Å²) in [5.74, 6) is -2.73. The first-order valence-corrected chi connectivity index (χ1v) is 9.84. The second-order valence-electron chi connectivity index (χ2n) is 6.98. The number of anilines is 1. The molecule has 0 aliphatic heterocycles. The molecule has 0 fully saturated rings. The van der Waals surface area contributed by atoms with Gasteiger partial charge in [-0.15, -0.1) is 5.10 Å². The molecule has 2 N–H and O–H groups in total. The van der Waals surface area contributed by atoms with Gasteiger partial charge in [0.25, 0.3) is 5.91 Å². The molecule has 0 atom stereocenters. The SMILES string of the molecule is O=C(Nc1cc(C(F)(F)F)ccc1F)c1ccc(-n2nc(-c3c(F)cccc3Cl)[nH]c2=O)cc1. The number of nitrogens with one attached hydrogen (secondary N) is 2. The minimum absolute atomic E-state index is 0.0264. The maximum absolute atomic E-state index is 14.1. The number of benzene rings is 3. The average molecular weight is 495 g/mol. The van der Waals surface area contributed by atoms with Gasteiger partial charge in [0.1, 0.15) is 11.6 Å². The van der Waals surface area contributed by atoms with Gasteiger partial charge >= 0.3 is 11.9 Å². The van der Waals surface area contributed by atoms with Gasteiger partial charge in [0.2, 0.25) is 0 Å². The van der Waals surface area contributed by atoms with Gasteiger partial charge in [0.15, 0.2) is 5.82 Å². The number of rotatable bonds is 4. The Kier molecular flexibility index (Phi) is 5.96. The Morgan fingerprint density at radius 3 is 2.35 bits per heavy atom. The van der Waals surface area contributed by atoms with Crippen LogP contribution in [0.5, 0.6) is 0 Å². The van der Waals surface area contributed by atoms with Crippen molar-refractivity contribution in [3.05, 3.63) is 98.9 Å². The zero-order valence-corrected chi connectivity index (χ0v) is 17.5. The summed E-state index contributed by atoms with van der Waals surface area (Å²) >= 11 is 5.99. The Bertz CT molecular complexity index is 1420. The minimum Gasteiger partial charge on any atom is -0.319 e. The molecule has 4 rings (SSSR count). The largest absolute Gasteiger partial charge is 0.416 e. The van der Waals surface area contributed by atoms with E-state index in [1.54, 1.807) is 0 Å². The topological polar surface area (TPSA) is 79.8 Å². The number of hydrogen-bond donors (Lipinski definition) is 2. The highest BCUT2D eigenvalue weighted by Gasteiger charge is 2.31. The third-order valence-corrected chi connectivity index (χ3v) is 5.05. The molecule has 3 aromatic carbocycles. The maximum atomic E-state index is 14.1. The normalized spacial score (nSPS) is 11.5. The van der Waals surface area contributed by atoms with E-state index in [4.69, 9.17) is 11.6 Å². The third kappa shape index (κ3) is 4.55. The zero-order chi connectivity index (χ0) is 24.6. The number of carbonyl (C=O) groups is 1. The van der Waals surface area contributed by atoms with Gasteiger partial charge in [-0.25, -0.2) is 13.6 Å². The van der Waals surface area contributed by atoms with Gasteiger partial charge in [0.05, 0.1) is 27.5 Å². The number of aromatic nitrogens is 3. The van der Waals surface area contributed by atoms with Gasteiger partial charge in [0, 0.05) is 5.56 Å². The second kappa shape index (κ2) is 8.75. The molecule has 0 unspecified atom stereocenters. The van der Waals surface area contributed by atoms with Gasteiger partial charge in [-0.3, -0.25) is 9.78 Å². The van der Waals surface area contributed by atoms with Gasteiger partial charge < -0.3 is 5.32 Å². The van der Waals surface area contributed by atoms with Crippen molar-refractivity contribution in [2.75, 3.05) is 5.32 Å². The van der Waals surface area contributed by atoms with Crippen LogP contribution in [0.25, 0.3) is 17.1 Å². The van der Waals surface area contributed by atoms with Crippen LogP contribution in [-0.4, -0.2) is 20.7 Å². The predicted octanol–water partition coefficient (Wildman–Crippen LogP) is 5.43. The molecule has 4 aromatic rings. The summed E-state index contributed by atoms with van der Waals surface area (Å²) in [7, 11) is 0. The molecule has 174 valence electrons. The molecule has 1 amide bonds. The Morgan fingerprint density at radius 1 is 1.00 bits per heavy atom. The monoisotopic (exact) mass is 494 g/mol. The van der Waals surface area contributed by atoms with Gasteiger partial charge in [-0.1, -0.05) is 17.7 Å². The molecule has 1 aromatic heterocycles. The number of alkyl halides is 3. The fourth-order valence-corrected chi connectivity index (χ4v) is 3.33. The van der Waals surface area contributed by atoms with Crippen molar-refractivity contribution < 1.29 is 26.7 Å². The van der Waals surface area contributed by atoms with E-state index in [0.717, 1.165) is 10.7 Å². The van der Waals surface area contributed by atoms with Gasteiger partial charge in [-0.05, 0) is 54.6 Å². The lowest BCUT2D eigenvalue weighted by Gasteiger charge is -2.11. The molecule has 0 spiro atoms. The van der Waals surface area contributed by atoms with Crippen LogP contribution >= 0.6 is 11.6 Å². The van der Waals surface area contributed by atoms with E-state index >= 15 is 0 Å². The highest BCUT2D eigenvalue weighted by molar-refractivity contribution is 6.33. The molecule has 0 saturated heterocycles. The van der Waals surface area contributed by atoms with Crippen LogP contribution in [0.4, 0.5) is 27.6 Å². The predicted molar refractivity (Wildman–Crippen MR) is 114 cm³/mol. The lowest BCUT2D eigenvalue weighted by Crippen LogP contribution is -2.17. The summed E-state index contributed by atoms with van der Waals surface area (Å²) in [6.45, 7) is 0. The molecule has 6 nitrogen and oxygen atoms in total. The standard InChI is InChI=1S/C22H12ClF5N4O2/c23-14-2-1-3-16(25)18(14)19-30-21(34)32(31-19)13-7-4-11(5-8-13)20(33)29-17-10-12(22(26,27)28)6-9-15(17)24/h1-10H,(H,29,33)(H,30,31,34). The molecule has 12 heteroatoms. The van der Waals surface area contributed by atoms with E-state index in [0.29, 0.717) is 18.2 Å². The van der Waals surface area contributed by atoms with Crippen LogP contribution in [0.15, 0.2) is 65.5 Å². The summed E-state index contributed by atoms with van der Waals surface area (Å²) in [5, 5.41) is 6.15. The van der Waals surface area contributed by atoms with Crippen LogP contribution in [0.2, 0.25) is 5.02 Å². The number of nitrogens with zero attached hydrogens (tertiary/aromatic N) is 2. The van der Waals surface area contributed by atoms with E-state index in [1.807, 2.05) is 0 Å². The van der Waals surface area contributed by atoms with Crippen molar-refractivity contribution in [1.82, 2.24) is 14.8 Å². The van der Waals surface area contributed by atoms with Crippen LogP contribution in [0.3, 0.4) is 0 Å². The van der Waals surface area contributed by atoms with E-state index in [-0.39, 0.29) is 27.7 Å². The van der Waals surface area contributed by atoms with Crippen molar-refractivity contribution in [1.29, 1.82) is 0 Å². The third-order valence-electron chi connectivity index (χ3n) is 4.73. The van der Waals surface area contributed by atoms with Crippen LogP contribution in [-0.2, 0) is 6.18 Å². The molecular formula is C22H12ClF5N4O2. The second-order valence-corrected chi connectivity index (χ2v) is 7.39. The van der Waals surface area contributed by atoms with Crippen LogP contribution in [0.1, 0.15) is 15.9 Å². The fraction of sp³-hybridized carbons (Fsp3) is 0.0455. The quantitative estimate of drug-likeness (QED) is 0.371. The lowest BCUT2D eigenvalue weighted by atomic mass is 10.1. The van der Waals surface area contributed by atoms with Gasteiger partial charge in [-0.2, -0.15) is 17.9 Å². The van der Waals surface area contributed by atoms with Crippen molar-refractivity contribution in [3.63, 3.8) is 0 Å². The van der Waals surface area contributed by atoms with Crippen LogP contribution < -0.4 is 11.0 Å². The molecule has 0 bridgehead atoms. The summed E-state index contributed by atoms with van der Waals surface area (Å²) in [4.78, 5) is 27.1. The van der Waals surface area contributed by atoms with Crippen molar-refractivity contribution >= 4 is 23.2 Å². The van der Waals surface area contributed by atoms with E-state index in [1.165, 1.54) is 36.4 Å². The first-order chi connectivity index (χ1) is 16.0. The zero-order valence-electron chi connectivity index (χ0n) is 16.8. The summed E-state index contributed by atoms with van der Waals surface area (Å²) in [5.41, 5.74) is -2.40. The van der Waals surface area contributed by atoms with Crippen molar-refractivity contribution in [2.24, 2.45) is 0 Å². The average Bonchev–Trinajstić information content (AvgIpc) is 3.15. The number of H-pyrrole nitrogens is 1. The number of carbonyl (C=O) groups excluding carboxylic acids is 1. The van der Waals surface area contributed by atoms with E-state index in [9.17, 15) is 31.5 Å². The molecule has 0 radical (unpaired) electrons. The number of aromatic amines is 1. The number of halogens is 6. The Hall–Kier alpha value is -3.99. The first kappa shape index (κ1) is 23.2. The highest BCUT2D eigenvalue weighted by Crippen LogP contribution is 2.32. The van der Waals surface area contributed by atoms with E-state index < -0.39 is 40.7 Å². The van der Waals surface area contributed by atoms with Crippen LogP contribution in [0, 0.1) is 11.6 Å². The first-order valence-electron chi connectivity index (χ1n) is 9.47. The molecule has 0 aliphatic rings. The molecule has 0 aliphatic carbocycles. The summed E-state index contributed by atoms with van der Waals surface area (Å²) in [6.07, 6.45) is -4.71. The highest BCUT2D eigenvalue weighted by atomic mass is 35.5. The summed E-state index contributed by atoms with van der Waals surface area (Å²) < 4.78 is 67.5. The molecular weight excluding hydrogens is 483 g/mol. The number of amides is 1. The molecule has 1 heterocycles. The Balaban J connectivity index is 1.58. The summed E-state index contributed by atoms with van der Waals surface area (Å²) in [6, 6.07) is 10.8. The number of hydrogen-bond acceptors (Lipinski definition) is 3. The minimum atomic E-state index is -4.71.